The highest BCUT2D eigenvalue weighted by molar-refractivity contribution is 6.42. The number of hydrogen-bond acceptors (Lipinski definition) is 3. The van der Waals surface area contributed by atoms with E-state index in [4.69, 9.17) is 23.2 Å². The fourth-order valence-electron chi connectivity index (χ4n) is 1.86. The van der Waals surface area contributed by atoms with Crippen LogP contribution in [0.15, 0.2) is 17.1 Å². The summed E-state index contributed by atoms with van der Waals surface area (Å²) in [5.41, 5.74) is 1.64. The number of carbonyl (C=O) groups is 1. The van der Waals surface area contributed by atoms with Crippen molar-refractivity contribution in [2.45, 2.75) is 20.4 Å². The third kappa shape index (κ3) is 2.18. The van der Waals surface area contributed by atoms with Crippen LogP contribution in [0.1, 0.15) is 19.4 Å². The second-order valence-corrected chi connectivity index (χ2v) is 4.48. The van der Waals surface area contributed by atoms with E-state index in [-0.39, 0.29) is 5.91 Å². The summed E-state index contributed by atoms with van der Waals surface area (Å²) in [5, 5.41) is 3.72. The van der Waals surface area contributed by atoms with Gasteiger partial charge in [0.2, 0.25) is 11.9 Å². The number of aliphatic imine (C=N–C) groups is 1. The Morgan fingerprint density at radius 2 is 2.00 bits per heavy atom. The number of carbonyl (C=O) groups excluding carboxylic acids is 1. The maximum atomic E-state index is 11.2. The number of fused-ring (bicyclic) bond motifs is 2. The summed E-state index contributed by atoms with van der Waals surface area (Å²) < 4.78 is 0. The molecule has 0 atom stereocenters. The zero-order chi connectivity index (χ0) is 13.3. The van der Waals surface area contributed by atoms with E-state index >= 15 is 0 Å². The Morgan fingerprint density at radius 1 is 1.28 bits per heavy atom. The zero-order valence-electron chi connectivity index (χ0n) is 10.1. The van der Waals surface area contributed by atoms with Crippen LogP contribution in [0, 0.1) is 0 Å². The van der Waals surface area contributed by atoms with Crippen LogP contribution in [0.3, 0.4) is 0 Å². The molecule has 1 N–H and O–H groups in total. The number of nitrogens with zero attached hydrogens (tertiary/aromatic N) is 2. The van der Waals surface area contributed by atoms with Gasteiger partial charge in [0.15, 0.2) is 0 Å². The predicted octanol–water partition coefficient (Wildman–Crippen LogP) is 2.95. The van der Waals surface area contributed by atoms with Gasteiger partial charge in [-0.2, -0.15) is 0 Å². The molecule has 1 fully saturated rings. The van der Waals surface area contributed by atoms with Crippen molar-refractivity contribution in [3.05, 3.63) is 27.7 Å². The standard InChI is InChI=1S/C10H7Cl2N3O.C2H6/c11-6-1-2-7-5(9(6)12)3-15-4-8(16)14-10(15)13-7;1-2/h1-2H,3-4H2,(H,13,14,16);1-2H3. The van der Waals surface area contributed by atoms with Crippen molar-refractivity contribution in [1.29, 1.82) is 0 Å². The minimum absolute atomic E-state index is 0.0474. The topological polar surface area (TPSA) is 44.7 Å². The van der Waals surface area contributed by atoms with Gasteiger partial charge in [-0.3, -0.25) is 10.1 Å². The lowest BCUT2D eigenvalue weighted by atomic mass is 10.1. The van der Waals surface area contributed by atoms with E-state index in [2.05, 4.69) is 10.3 Å². The number of benzene rings is 1. The highest BCUT2D eigenvalue weighted by atomic mass is 35.5. The molecule has 0 aromatic heterocycles. The second kappa shape index (κ2) is 5.16. The Hall–Kier alpha value is -1.26. The number of amides is 1. The van der Waals surface area contributed by atoms with Gasteiger partial charge in [0.05, 0.1) is 22.3 Å². The van der Waals surface area contributed by atoms with Gasteiger partial charge in [-0.15, -0.1) is 0 Å². The summed E-state index contributed by atoms with van der Waals surface area (Å²) in [6.45, 7) is 4.88. The zero-order valence-corrected chi connectivity index (χ0v) is 11.6. The molecule has 3 rings (SSSR count). The van der Waals surface area contributed by atoms with Gasteiger partial charge in [-0.1, -0.05) is 37.0 Å². The third-order valence-corrected chi connectivity index (χ3v) is 3.48. The molecular weight excluding hydrogens is 273 g/mol. The molecule has 0 aliphatic carbocycles. The van der Waals surface area contributed by atoms with E-state index in [1.807, 2.05) is 18.7 Å². The first-order chi connectivity index (χ1) is 8.65. The number of nitrogens with one attached hydrogen (secondary N) is 1. The molecule has 0 saturated carbocycles. The Morgan fingerprint density at radius 3 is 2.72 bits per heavy atom. The minimum Gasteiger partial charge on any atom is -0.329 e. The third-order valence-electron chi connectivity index (χ3n) is 2.63. The lowest BCUT2D eigenvalue weighted by Gasteiger charge is -2.23. The maximum Gasteiger partial charge on any atom is 0.246 e. The van der Waals surface area contributed by atoms with Gasteiger partial charge in [0, 0.05) is 5.56 Å². The highest BCUT2D eigenvalue weighted by Crippen LogP contribution is 2.36. The molecule has 4 nitrogen and oxygen atoms in total. The van der Waals surface area contributed by atoms with Gasteiger partial charge in [-0.25, -0.2) is 4.99 Å². The summed E-state index contributed by atoms with van der Waals surface area (Å²) in [5.74, 6) is 0.546. The first-order valence-corrected chi connectivity index (χ1v) is 6.51. The summed E-state index contributed by atoms with van der Waals surface area (Å²) in [7, 11) is 0. The maximum absolute atomic E-state index is 11.2. The number of rotatable bonds is 0. The van der Waals surface area contributed by atoms with Crippen molar-refractivity contribution >= 4 is 40.8 Å². The first-order valence-electron chi connectivity index (χ1n) is 5.75. The molecular formula is C12H13Cl2N3O. The van der Waals surface area contributed by atoms with Crippen LogP contribution in [0.5, 0.6) is 0 Å². The van der Waals surface area contributed by atoms with E-state index in [0.29, 0.717) is 29.1 Å². The fraction of sp³-hybridized carbons (Fsp3) is 0.333. The minimum atomic E-state index is -0.0474. The first kappa shape index (κ1) is 13.2. The normalized spacial score (nSPS) is 16.1. The lowest BCUT2D eigenvalue weighted by molar-refractivity contribution is -0.118. The average molecular weight is 286 g/mol. The van der Waals surface area contributed by atoms with E-state index in [1.165, 1.54) is 0 Å². The molecule has 2 aliphatic rings. The molecule has 1 aromatic carbocycles. The Balaban J connectivity index is 0.000000574. The van der Waals surface area contributed by atoms with E-state index in [1.54, 1.807) is 12.1 Å². The molecule has 1 saturated heterocycles. The molecule has 0 unspecified atom stereocenters. The molecule has 6 heteroatoms. The van der Waals surface area contributed by atoms with Gasteiger partial charge in [-0.05, 0) is 12.1 Å². The van der Waals surface area contributed by atoms with Crippen LogP contribution in [0.4, 0.5) is 5.69 Å². The largest absolute Gasteiger partial charge is 0.329 e. The molecule has 0 radical (unpaired) electrons. The molecule has 2 aliphatic heterocycles. The molecule has 1 amide bonds. The lowest BCUT2D eigenvalue weighted by Crippen LogP contribution is -2.32. The molecule has 2 heterocycles. The van der Waals surface area contributed by atoms with Crippen molar-refractivity contribution in [1.82, 2.24) is 10.2 Å². The monoisotopic (exact) mass is 285 g/mol. The predicted molar refractivity (Wildman–Crippen MR) is 73.5 cm³/mol. The van der Waals surface area contributed by atoms with Crippen molar-refractivity contribution in [3.8, 4) is 0 Å². The average Bonchev–Trinajstić information content (AvgIpc) is 2.74. The molecule has 96 valence electrons. The Labute approximate surface area is 116 Å². The fourth-order valence-corrected chi connectivity index (χ4v) is 2.26. The van der Waals surface area contributed by atoms with Crippen LogP contribution >= 0.6 is 23.2 Å². The highest BCUT2D eigenvalue weighted by Gasteiger charge is 2.30. The summed E-state index contributed by atoms with van der Waals surface area (Å²) in [6, 6.07) is 3.51. The molecule has 18 heavy (non-hydrogen) atoms. The van der Waals surface area contributed by atoms with Crippen LogP contribution in [-0.2, 0) is 11.3 Å². The number of halogens is 2. The van der Waals surface area contributed by atoms with Crippen molar-refractivity contribution in [2.24, 2.45) is 4.99 Å². The van der Waals surface area contributed by atoms with Crippen molar-refractivity contribution in [2.75, 3.05) is 6.54 Å². The van der Waals surface area contributed by atoms with Crippen LogP contribution in [-0.4, -0.2) is 23.3 Å². The second-order valence-electron chi connectivity index (χ2n) is 3.70. The Kier molecular flexibility index (Phi) is 3.78. The van der Waals surface area contributed by atoms with Gasteiger partial charge in [0.1, 0.15) is 6.54 Å². The van der Waals surface area contributed by atoms with Gasteiger partial charge < -0.3 is 4.90 Å². The molecule has 0 spiro atoms. The number of hydrogen-bond donors (Lipinski definition) is 1. The summed E-state index contributed by atoms with van der Waals surface area (Å²) in [6.07, 6.45) is 0. The van der Waals surface area contributed by atoms with Gasteiger partial charge in [0.25, 0.3) is 0 Å². The van der Waals surface area contributed by atoms with Crippen LogP contribution in [0.2, 0.25) is 10.0 Å². The smallest absolute Gasteiger partial charge is 0.246 e. The quantitative estimate of drug-likeness (QED) is 0.797. The van der Waals surface area contributed by atoms with Crippen LogP contribution in [0.25, 0.3) is 0 Å². The van der Waals surface area contributed by atoms with E-state index in [9.17, 15) is 4.79 Å². The molecule has 1 aromatic rings. The van der Waals surface area contributed by atoms with Crippen LogP contribution < -0.4 is 5.32 Å². The Bertz CT molecular complexity index is 528. The van der Waals surface area contributed by atoms with Crippen molar-refractivity contribution < 1.29 is 4.79 Å². The van der Waals surface area contributed by atoms with E-state index < -0.39 is 0 Å². The number of guanidine groups is 1. The summed E-state index contributed by atoms with van der Waals surface area (Å²) in [4.78, 5) is 17.4. The van der Waals surface area contributed by atoms with Gasteiger partial charge >= 0.3 is 0 Å². The molecule has 0 bridgehead atoms. The summed E-state index contributed by atoms with van der Waals surface area (Å²) >= 11 is 12.0. The SMILES string of the molecule is CC.O=C1CN2Cc3c(ccc(Cl)c3Cl)N=C2N1. The van der Waals surface area contributed by atoms with Crippen molar-refractivity contribution in [3.63, 3.8) is 0 Å². The van der Waals surface area contributed by atoms with E-state index in [0.717, 1.165) is 11.3 Å².